The van der Waals surface area contributed by atoms with E-state index in [0.717, 1.165) is 5.90 Å². The second-order valence-electron chi connectivity index (χ2n) is 8.30. The first-order valence-corrected chi connectivity index (χ1v) is 12.7. The van der Waals surface area contributed by atoms with Crippen LogP contribution in [0, 0.1) is 0 Å². The molecule has 0 atom stereocenters. The molecule has 0 amide bonds. The molecule has 108 valence electrons. The Morgan fingerprint density at radius 1 is 0.833 bits per heavy atom. The van der Waals surface area contributed by atoms with Gasteiger partial charge in [0.2, 0.25) is 0 Å². The molecule has 0 N–H and O–H groups in total. The van der Waals surface area contributed by atoms with E-state index >= 15 is 0 Å². The van der Waals surface area contributed by atoms with E-state index in [1.54, 1.807) is 0 Å². The molecule has 2 nitrogen and oxygen atoms in total. The minimum Gasteiger partial charge on any atom is -0.535 e. The van der Waals surface area contributed by atoms with Crippen molar-refractivity contribution in [1.29, 1.82) is 0 Å². The molecule has 0 aliphatic carbocycles. The van der Waals surface area contributed by atoms with Gasteiger partial charge in [-0.2, -0.15) is 0 Å². The number of rotatable bonds is 2. The number of hydrogen-bond acceptors (Lipinski definition) is 2. The summed E-state index contributed by atoms with van der Waals surface area (Å²) in [7, 11) is -3.38. The highest BCUT2D eigenvalue weighted by Gasteiger charge is 2.40. The van der Waals surface area contributed by atoms with Gasteiger partial charge in [-0.05, 0) is 36.3 Å². The lowest BCUT2D eigenvalue weighted by Gasteiger charge is -2.38. The molecule has 18 heavy (non-hydrogen) atoms. The smallest absolute Gasteiger partial charge is 0.251 e. The van der Waals surface area contributed by atoms with E-state index in [2.05, 4.69) is 67.7 Å². The van der Waals surface area contributed by atoms with E-state index < -0.39 is 16.6 Å². The average Bonchev–Trinajstić information content (AvgIpc) is 1.95. The van der Waals surface area contributed by atoms with Crippen molar-refractivity contribution >= 4 is 22.5 Å². The SMILES string of the molecule is C/C(=N\[Si](C)(C)C(C)(C)C)O[Si](C)(C)C(C)(C)C. The van der Waals surface area contributed by atoms with Crippen molar-refractivity contribution in [2.45, 2.75) is 84.7 Å². The van der Waals surface area contributed by atoms with Gasteiger partial charge in [0.15, 0.2) is 14.1 Å². The van der Waals surface area contributed by atoms with Crippen molar-refractivity contribution in [2.24, 2.45) is 4.66 Å². The normalized spacial score (nSPS) is 15.8. The highest BCUT2D eigenvalue weighted by atomic mass is 28.4. The van der Waals surface area contributed by atoms with E-state index in [1.807, 2.05) is 6.92 Å². The Kier molecular flexibility index (Phi) is 5.09. The number of nitrogens with zero attached hydrogens (tertiary/aromatic N) is 1. The molecule has 0 aliphatic rings. The lowest BCUT2D eigenvalue weighted by atomic mass is 10.2. The van der Waals surface area contributed by atoms with E-state index in [0.29, 0.717) is 0 Å². The van der Waals surface area contributed by atoms with Crippen LogP contribution >= 0.6 is 0 Å². The predicted molar refractivity (Wildman–Crippen MR) is 88.6 cm³/mol. The van der Waals surface area contributed by atoms with Crippen molar-refractivity contribution in [1.82, 2.24) is 0 Å². The minimum atomic E-state index is -1.74. The highest BCUT2D eigenvalue weighted by Crippen LogP contribution is 2.39. The number of hydrogen-bond donors (Lipinski definition) is 0. The Bertz CT molecular complexity index is 320. The molecule has 0 radical (unpaired) electrons. The molecule has 0 rings (SSSR count). The van der Waals surface area contributed by atoms with Crippen LogP contribution in [0.5, 0.6) is 0 Å². The monoisotopic (exact) mass is 287 g/mol. The van der Waals surface area contributed by atoms with Gasteiger partial charge >= 0.3 is 0 Å². The molecule has 4 heteroatoms. The fourth-order valence-electron chi connectivity index (χ4n) is 1.11. The summed E-state index contributed by atoms with van der Waals surface area (Å²) in [4.78, 5) is 0. The maximum atomic E-state index is 6.26. The third kappa shape index (κ3) is 4.54. The third-order valence-electron chi connectivity index (χ3n) is 4.48. The molecule has 0 saturated heterocycles. The van der Waals surface area contributed by atoms with Gasteiger partial charge < -0.3 is 4.43 Å². The van der Waals surface area contributed by atoms with Gasteiger partial charge in [0.25, 0.3) is 8.32 Å². The molecular weight excluding hydrogens is 254 g/mol. The molecular formula is C14H33NOSi2. The zero-order chi connectivity index (χ0) is 15.0. The van der Waals surface area contributed by atoms with Gasteiger partial charge in [-0.1, -0.05) is 41.5 Å². The molecule has 0 saturated carbocycles. The summed E-state index contributed by atoms with van der Waals surface area (Å²) in [6.07, 6.45) is 0. The summed E-state index contributed by atoms with van der Waals surface area (Å²) in [6.45, 7) is 24.8. The summed E-state index contributed by atoms with van der Waals surface area (Å²) >= 11 is 0. The zero-order valence-corrected chi connectivity index (χ0v) is 16.4. The van der Waals surface area contributed by atoms with Crippen LogP contribution in [-0.2, 0) is 4.43 Å². The standard InChI is InChI=1S/C14H33NOSi2/c1-12(15-17(8,9)13(2,3)4)16-18(10,11)14(5,6)7/h1-11H3/b15-12+. The molecule has 0 aromatic heterocycles. The topological polar surface area (TPSA) is 21.6 Å². The largest absolute Gasteiger partial charge is 0.535 e. The van der Waals surface area contributed by atoms with Crippen LogP contribution in [0.4, 0.5) is 0 Å². The molecule has 0 spiro atoms. The van der Waals surface area contributed by atoms with Gasteiger partial charge in [-0.25, -0.2) is 0 Å². The summed E-state index contributed by atoms with van der Waals surface area (Å²) in [6, 6.07) is 0. The van der Waals surface area contributed by atoms with Crippen LogP contribution < -0.4 is 0 Å². The summed E-state index contributed by atoms with van der Waals surface area (Å²) in [5, 5.41) is 0.502. The lowest BCUT2D eigenvalue weighted by molar-refractivity contribution is 0.483. The van der Waals surface area contributed by atoms with Gasteiger partial charge in [0.05, 0.1) is 0 Å². The van der Waals surface area contributed by atoms with Crippen molar-refractivity contribution in [3.05, 3.63) is 0 Å². The highest BCUT2D eigenvalue weighted by molar-refractivity contribution is 6.80. The summed E-state index contributed by atoms with van der Waals surface area (Å²) in [5.41, 5.74) is 0. The van der Waals surface area contributed by atoms with E-state index in [4.69, 9.17) is 9.08 Å². The Balaban J connectivity index is 5.06. The fraction of sp³-hybridized carbons (Fsp3) is 0.929. The fourth-order valence-corrected chi connectivity index (χ4v) is 3.46. The predicted octanol–water partition coefficient (Wildman–Crippen LogP) is 5.43. The second kappa shape index (κ2) is 5.12. The third-order valence-corrected chi connectivity index (χ3v) is 13.4. The first-order valence-electron chi connectivity index (χ1n) is 6.86. The second-order valence-corrected chi connectivity index (χ2v) is 17.9. The zero-order valence-electron chi connectivity index (χ0n) is 14.4. The quantitative estimate of drug-likeness (QED) is 0.377. The van der Waals surface area contributed by atoms with Crippen LogP contribution in [0.25, 0.3) is 0 Å². The van der Waals surface area contributed by atoms with Crippen molar-refractivity contribution in [3.63, 3.8) is 0 Å². The van der Waals surface area contributed by atoms with Crippen LogP contribution in [0.2, 0.25) is 36.3 Å². The Morgan fingerprint density at radius 2 is 1.22 bits per heavy atom. The first kappa shape index (κ1) is 17.9. The van der Waals surface area contributed by atoms with Gasteiger partial charge in [0, 0.05) is 6.92 Å². The van der Waals surface area contributed by atoms with Crippen molar-refractivity contribution in [3.8, 4) is 0 Å². The average molecular weight is 288 g/mol. The van der Waals surface area contributed by atoms with Crippen molar-refractivity contribution < 1.29 is 4.43 Å². The molecule has 0 bridgehead atoms. The molecule has 0 aromatic carbocycles. The van der Waals surface area contributed by atoms with Gasteiger partial charge in [-0.3, -0.25) is 4.66 Å². The van der Waals surface area contributed by atoms with E-state index in [-0.39, 0.29) is 10.1 Å². The molecule has 0 fully saturated rings. The van der Waals surface area contributed by atoms with Crippen LogP contribution in [0.3, 0.4) is 0 Å². The van der Waals surface area contributed by atoms with Gasteiger partial charge in [-0.15, -0.1) is 0 Å². The Morgan fingerprint density at radius 3 is 1.50 bits per heavy atom. The van der Waals surface area contributed by atoms with Gasteiger partial charge in [0.1, 0.15) is 0 Å². The molecule has 0 aliphatic heterocycles. The molecule has 0 unspecified atom stereocenters. The minimum absolute atomic E-state index is 0.233. The Hall–Kier alpha value is -0.0962. The van der Waals surface area contributed by atoms with Crippen molar-refractivity contribution in [2.75, 3.05) is 0 Å². The summed E-state index contributed by atoms with van der Waals surface area (Å²) < 4.78 is 11.2. The van der Waals surface area contributed by atoms with Crippen LogP contribution in [-0.4, -0.2) is 22.5 Å². The van der Waals surface area contributed by atoms with Crippen LogP contribution in [0.15, 0.2) is 4.66 Å². The Labute approximate surface area is 116 Å². The maximum absolute atomic E-state index is 6.26. The van der Waals surface area contributed by atoms with E-state index in [9.17, 15) is 0 Å². The first-order chi connectivity index (χ1) is 7.60. The molecule has 0 heterocycles. The molecule has 0 aromatic rings. The van der Waals surface area contributed by atoms with Crippen LogP contribution in [0.1, 0.15) is 48.5 Å². The maximum Gasteiger partial charge on any atom is 0.251 e. The van der Waals surface area contributed by atoms with E-state index in [1.165, 1.54) is 0 Å². The lowest BCUT2D eigenvalue weighted by Crippen LogP contribution is -2.43. The summed E-state index contributed by atoms with van der Waals surface area (Å²) in [5.74, 6) is 0.896.